The van der Waals surface area contributed by atoms with E-state index < -0.39 is 0 Å². The second kappa shape index (κ2) is 4.52. The molecule has 0 saturated heterocycles. The van der Waals surface area contributed by atoms with Gasteiger partial charge in [0.1, 0.15) is 11.5 Å². The van der Waals surface area contributed by atoms with Crippen molar-refractivity contribution < 1.29 is 4.79 Å². The number of carbonyl (C=O) groups excluding carboxylic acids is 1. The molecule has 2 heterocycles. The highest BCUT2D eigenvalue weighted by atomic mass is 16.1. The fourth-order valence-corrected chi connectivity index (χ4v) is 2.53. The second-order valence-corrected chi connectivity index (χ2v) is 4.99. The van der Waals surface area contributed by atoms with Gasteiger partial charge in [0.2, 0.25) is 0 Å². The molecule has 0 aliphatic rings. The van der Waals surface area contributed by atoms with Crippen molar-refractivity contribution >= 4 is 33.5 Å². The van der Waals surface area contributed by atoms with Crippen molar-refractivity contribution in [3.63, 3.8) is 0 Å². The third-order valence-corrected chi connectivity index (χ3v) is 3.55. The maximum absolute atomic E-state index is 12.3. The summed E-state index contributed by atoms with van der Waals surface area (Å²) >= 11 is 0. The SMILES string of the molecule is O=C(Nc1cc2ccccc2[nH]1)c1cc2ccccc2[nH]1. The Morgan fingerprint density at radius 3 is 2.10 bits per heavy atom. The minimum absolute atomic E-state index is 0.155. The fourth-order valence-electron chi connectivity index (χ4n) is 2.53. The number of anilines is 1. The highest BCUT2D eigenvalue weighted by molar-refractivity contribution is 6.06. The van der Waals surface area contributed by atoms with Gasteiger partial charge in [-0.2, -0.15) is 0 Å². The molecule has 0 bridgehead atoms. The van der Waals surface area contributed by atoms with E-state index >= 15 is 0 Å². The molecule has 4 heteroatoms. The van der Waals surface area contributed by atoms with E-state index in [1.807, 2.05) is 60.7 Å². The smallest absolute Gasteiger partial charge is 0.273 e. The average molecular weight is 275 g/mol. The van der Waals surface area contributed by atoms with Crippen molar-refractivity contribution in [1.29, 1.82) is 0 Å². The van der Waals surface area contributed by atoms with Crippen molar-refractivity contribution in [1.82, 2.24) is 9.97 Å². The highest BCUT2D eigenvalue weighted by Gasteiger charge is 2.10. The summed E-state index contributed by atoms with van der Waals surface area (Å²) in [5.41, 5.74) is 2.51. The van der Waals surface area contributed by atoms with E-state index in [1.165, 1.54) is 0 Å². The topological polar surface area (TPSA) is 60.7 Å². The molecule has 2 aromatic carbocycles. The minimum Gasteiger partial charge on any atom is -0.351 e. The minimum atomic E-state index is -0.155. The van der Waals surface area contributed by atoms with E-state index in [4.69, 9.17) is 0 Å². The molecule has 102 valence electrons. The quantitative estimate of drug-likeness (QED) is 0.510. The molecule has 0 atom stereocenters. The summed E-state index contributed by atoms with van der Waals surface area (Å²) in [6, 6.07) is 19.5. The van der Waals surface area contributed by atoms with Gasteiger partial charge in [0.25, 0.3) is 5.91 Å². The largest absolute Gasteiger partial charge is 0.351 e. The third-order valence-electron chi connectivity index (χ3n) is 3.55. The Kier molecular flexibility index (Phi) is 2.54. The lowest BCUT2D eigenvalue weighted by Gasteiger charge is -1.99. The molecule has 4 aromatic rings. The first-order valence-corrected chi connectivity index (χ1v) is 6.76. The van der Waals surface area contributed by atoms with Crippen LogP contribution in [-0.4, -0.2) is 15.9 Å². The predicted molar refractivity (Wildman–Crippen MR) is 84.6 cm³/mol. The van der Waals surface area contributed by atoms with Gasteiger partial charge in [0, 0.05) is 21.8 Å². The number of hydrogen-bond donors (Lipinski definition) is 3. The molecule has 0 radical (unpaired) electrons. The average Bonchev–Trinajstić information content (AvgIpc) is 3.10. The molecule has 0 aliphatic heterocycles. The Morgan fingerprint density at radius 2 is 1.43 bits per heavy atom. The number of aromatic amines is 2. The number of amides is 1. The van der Waals surface area contributed by atoms with Gasteiger partial charge in [-0.1, -0.05) is 36.4 Å². The maximum Gasteiger partial charge on any atom is 0.273 e. The number of fused-ring (bicyclic) bond motifs is 2. The molecular weight excluding hydrogens is 262 g/mol. The highest BCUT2D eigenvalue weighted by Crippen LogP contribution is 2.20. The summed E-state index contributed by atoms with van der Waals surface area (Å²) in [6.07, 6.45) is 0. The van der Waals surface area contributed by atoms with Gasteiger partial charge in [-0.25, -0.2) is 0 Å². The number of nitrogens with one attached hydrogen (secondary N) is 3. The van der Waals surface area contributed by atoms with Gasteiger partial charge >= 0.3 is 0 Å². The fraction of sp³-hybridized carbons (Fsp3) is 0. The van der Waals surface area contributed by atoms with Crippen LogP contribution in [0.1, 0.15) is 10.5 Å². The Balaban J connectivity index is 1.65. The van der Waals surface area contributed by atoms with E-state index in [2.05, 4.69) is 15.3 Å². The monoisotopic (exact) mass is 275 g/mol. The van der Waals surface area contributed by atoms with Crippen LogP contribution in [0.4, 0.5) is 5.82 Å². The van der Waals surface area contributed by atoms with Crippen LogP contribution in [0, 0.1) is 0 Å². The number of hydrogen-bond acceptors (Lipinski definition) is 1. The first-order chi connectivity index (χ1) is 10.3. The van der Waals surface area contributed by atoms with Crippen molar-refractivity contribution in [2.75, 3.05) is 5.32 Å². The second-order valence-electron chi connectivity index (χ2n) is 4.99. The van der Waals surface area contributed by atoms with Crippen molar-refractivity contribution in [3.8, 4) is 0 Å². The van der Waals surface area contributed by atoms with Crippen LogP contribution < -0.4 is 5.32 Å². The Labute approximate surface area is 120 Å². The van der Waals surface area contributed by atoms with Crippen LogP contribution in [0.5, 0.6) is 0 Å². The molecular formula is C17H13N3O. The summed E-state index contributed by atoms with van der Waals surface area (Å²) < 4.78 is 0. The number of H-pyrrole nitrogens is 2. The van der Waals surface area contributed by atoms with Gasteiger partial charge in [0.05, 0.1) is 0 Å². The van der Waals surface area contributed by atoms with Crippen LogP contribution in [-0.2, 0) is 0 Å². The van der Waals surface area contributed by atoms with Crippen LogP contribution in [0.2, 0.25) is 0 Å². The molecule has 0 aliphatic carbocycles. The van der Waals surface area contributed by atoms with E-state index in [0.717, 1.165) is 21.8 Å². The van der Waals surface area contributed by atoms with E-state index in [1.54, 1.807) is 0 Å². The Bertz CT molecular complexity index is 883. The summed E-state index contributed by atoms with van der Waals surface area (Å²) in [7, 11) is 0. The lowest BCUT2D eigenvalue weighted by molar-refractivity contribution is 0.102. The first kappa shape index (κ1) is 11.8. The molecule has 0 spiro atoms. The Morgan fingerprint density at radius 1 is 0.810 bits per heavy atom. The predicted octanol–water partition coefficient (Wildman–Crippen LogP) is 3.90. The molecule has 2 aromatic heterocycles. The Hall–Kier alpha value is -3.01. The zero-order chi connectivity index (χ0) is 14.2. The molecule has 0 unspecified atom stereocenters. The molecule has 3 N–H and O–H groups in total. The van der Waals surface area contributed by atoms with Crippen LogP contribution >= 0.6 is 0 Å². The summed E-state index contributed by atoms with van der Waals surface area (Å²) in [6.45, 7) is 0. The molecule has 0 saturated carbocycles. The first-order valence-electron chi connectivity index (χ1n) is 6.76. The summed E-state index contributed by atoms with van der Waals surface area (Å²) in [5, 5.41) is 4.98. The van der Waals surface area contributed by atoms with E-state index in [9.17, 15) is 4.79 Å². The van der Waals surface area contributed by atoms with Crippen LogP contribution in [0.3, 0.4) is 0 Å². The number of rotatable bonds is 2. The van der Waals surface area contributed by atoms with Gasteiger partial charge in [-0.3, -0.25) is 4.79 Å². The standard InChI is InChI=1S/C17H13N3O/c21-17(15-9-11-5-1-3-7-13(11)18-15)20-16-10-12-6-2-4-8-14(12)19-16/h1-10,18-19H,(H,20,21). The molecule has 4 nitrogen and oxygen atoms in total. The van der Waals surface area contributed by atoms with Gasteiger partial charge in [-0.15, -0.1) is 0 Å². The molecule has 1 amide bonds. The number of aromatic nitrogens is 2. The molecule has 4 rings (SSSR count). The summed E-state index contributed by atoms with van der Waals surface area (Å²) in [5.74, 6) is 0.539. The van der Waals surface area contributed by atoms with E-state index in [0.29, 0.717) is 11.5 Å². The van der Waals surface area contributed by atoms with Gasteiger partial charge in [0.15, 0.2) is 0 Å². The number of para-hydroxylation sites is 2. The van der Waals surface area contributed by atoms with Crippen LogP contribution in [0.25, 0.3) is 21.8 Å². The zero-order valence-corrected chi connectivity index (χ0v) is 11.2. The lowest BCUT2D eigenvalue weighted by atomic mass is 10.2. The van der Waals surface area contributed by atoms with Crippen molar-refractivity contribution in [2.24, 2.45) is 0 Å². The number of benzene rings is 2. The lowest BCUT2D eigenvalue weighted by Crippen LogP contribution is -2.12. The van der Waals surface area contributed by atoms with Crippen molar-refractivity contribution in [2.45, 2.75) is 0 Å². The third kappa shape index (κ3) is 2.07. The normalized spacial score (nSPS) is 11.0. The van der Waals surface area contributed by atoms with E-state index in [-0.39, 0.29) is 5.91 Å². The molecule has 21 heavy (non-hydrogen) atoms. The maximum atomic E-state index is 12.3. The molecule has 0 fully saturated rings. The van der Waals surface area contributed by atoms with Gasteiger partial charge in [-0.05, 0) is 24.3 Å². The van der Waals surface area contributed by atoms with Gasteiger partial charge < -0.3 is 15.3 Å². The number of carbonyl (C=O) groups is 1. The zero-order valence-electron chi connectivity index (χ0n) is 11.2. The van der Waals surface area contributed by atoms with Crippen LogP contribution in [0.15, 0.2) is 60.7 Å². The van der Waals surface area contributed by atoms with Crippen molar-refractivity contribution in [3.05, 3.63) is 66.4 Å². The summed E-state index contributed by atoms with van der Waals surface area (Å²) in [4.78, 5) is 18.6.